The molecular weight excluding hydrogens is 260 g/mol. The van der Waals surface area contributed by atoms with Gasteiger partial charge in [0.05, 0.1) is 0 Å². The van der Waals surface area contributed by atoms with Crippen LogP contribution in [-0.4, -0.2) is 36.7 Å². The number of aryl methyl sites for hydroxylation is 1. The second-order valence-corrected chi connectivity index (χ2v) is 6.49. The molecule has 2 atom stereocenters. The average Bonchev–Trinajstić information content (AvgIpc) is 2.85. The lowest BCUT2D eigenvalue weighted by molar-refractivity contribution is 0.189. The summed E-state index contributed by atoms with van der Waals surface area (Å²) < 4.78 is 0. The summed E-state index contributed by atoms with van der Waals surface area (Å²) in [5, 5.41) is 13.3. The average molecular weight is 290 g/mol. The van der Waals surface area contributed by atoms with Crippen molar-refractivity contribution in [2.24, 2.45) is 5.92 Å². The number of fused-ring (bicyclic) bond motifs is 1. The van der Waals surface area contributed by atoms with Crippen LogP contribution in [0.2, 0.25) is 0 Å². The molecule has 1 aliphatic rings. The van der Waals surface area contributed by atoms with Crippen LogP contribution in [0.25, 0.3) is 0 Å². The third kappa shape index (κ3) is 3.78. The van der Waals surface area contributed by atoms with E-state index in [0.29, 0.717) is 17.8 Å². The Morgan fingerprint density at radius 1 is 1.29 bits per heavy atom. The second-order valence-electron chi connectivity index (χ2n) is 6.49. The molecule has 0 fully saturated rings. The predicted molar refractivity (Wildman–Crippen MR) is 88.7 cm³/mol. The number of phenolic OH excluding ortho intramolecular Hbond substituents is 1. The maximum absolute atomic E-state index is 9.58. The number of nitrogens with zero attached hydrogens (tertiary/aromatic N) is 1. The second kappa shape index (κ2) is 7.28. The maximum Gasteiger partial charge on any atom is 0.115 e. The van der Waals surface area contributed by atoms with Crippen molar-refractivity contribution in [3.8, 4) is 5.75 Å². The molecule has 2 rings (SSSR count). The highest BCUT2D eigenvalue weighted by Gasteiger charge is 2.25. The molecule has 3 nitrogen and oxygen atoms in total. The molecule has 1 aromatic carbocycles. The molecule has 1 aliphatic carbocycles. The highest BCUT2D eigenvalue weighted by Crippen LogP contribution is 2.33. The predicted octanol–water partition coefficient (Wildman–Crippen LogP) is 3.34. The van der Waals surface area contributed by atoms with Crippen molar-refractivity contribution in [2.45, 2.75) is 51.6 Å². The molecule has 2 N–H and O–H groups in total. The zero-order valence-corrected chi connectivity index (χ0v) is 13.9. The van der Waals surface area contributed by atoms with Crippen molar-refractivity contribution in [1.29, 1.82) is 0 Å². The highest BCUT2D eigenvalue weighted by molar-refractivity contribution is 5.40. The molecule has 0 radical (unpaired) electrons. The SMILES string of the molecule is CCC(CC)C(CNC1CCc2cc(O)ccc21)N(C)C. The van der Waals surface area contributed by atoms with E-state index in [-0.39, 0.29) is 0 Å². The Labute approximate surface area is 129 Å². The first-order valence-corrected chi connectivity index (χ1v) is 8.28. The van der Waals surface area contributed by atoms with Gasteiger partial charge in [-0.1, -0.05) is 32.8 Å². The molecule has 1 aromatic rings. The molecule has 0 spiro atoms. The largest absolute Gasteiger partial charge is 0.508 e. The standard InChI is InChI=1S/C18H30N2O/c1-5-13(6-2)18(20(3)4)12-19-17-10-7-14-11-15(21)8-9-16(14)17/h8-9,11,13,17-19,21H,5-7,10,12H2,1-4H3. The van der Waals surface area contributed by atoms with E-state index in [2.05, 4.69) is 44.2 Å². The van der Waals surface area contributed by atoms with Crippen LogP contribution in [0.3, 0.4) is 0 Å². The summed E-state index contributed by atoms with van der Waals surface area (Å²) in [6.07, 6.45) is 4.67. The van der Waals surface area contributed by atoms with Gasteiger partial charge in [0, 0.05) is 18.6 Å². The summed E-state index contributed by atoms with van der Waals surface area (Å²) in [7, 11) is 4.37. The number of nitrogens with one attached hydrogen (secondary N) is 1. The fourth-order valence-electron chi connectivity index (χ4n) is 3.68. The minimum Gasteiger partial charge on any atom is -0.508 e. The molecule has 2 unspecified atom stereocenters. The third-order valence-electron chi connectivity index (χ3n) is 5.03. The van der Waals surface area contributed by atoms with E-state index in [1.54, 1.807) is 0 Å². The molecule has 0 amide bonds. The monoisotopic (exact) mass is 290 g/mol. The van der Waals surface area contributed by atoms with E-state index >= 15 is 0 Å². The number of rotatable bonds is 7. The Balaban J connectivity index is 2.00. The van der Waals surface area contributed by atoms with Gasteiger partial charge < -0.3 is 15.3 Å². The zero-order chi connectivity index (χ0) is 15.4. The minimum atomic E-state index is 0.387. The van der Waals surface area contributed by atoms with Crippen LogP contribution in [-0.2, 0) is 6.42 Å². The minimum absolute atomic E-state index is 0.387. The first-order chi connectivity index (χ1) is 10.1. The molecule has 3 heteroatoms. The molecule has 0 aromatic heterocycles. The third-order valence-corrected chi connectivity index (χ3v) is 5.03. The number of benzene rings is 1. The topological polar surface area (TPSA) is 35.5 Å². The van der Waals surface area contributed by atoms with Crippen LogP contribution in [0.4, 0.5) is 0 Å². The fourth-order valence-corrected chi connectivity index (χ4v) is 3.68. The van der Waals surface area contributed by atoms with E-state index in [1.165, 1.54) is 24.0 Å². The van der Waals surface area contributed by atoms with Gasteiger partial charge in [0.25, 0.3) is 0 Å². The number of hydrogen-bond acceptors (Lipinski definition) is 3. The number of phenols is 1. The Morgan fingerprint density at radius 2 is 2.00 bits per heavy atom. The molecular formula is C18H30N2O. The van der Waals surface area contributed by atoms with Gasteiger partial charge in [-0.2, -0.15) is 0 Å². The van der Waals surface area contributed by atoms with E-state index in [9.17, 15) is 5.11 Å². The Kier molecular flexibility index (Phi) is 5.65. The molecule has 21 heavy (non-hydrogen) atoms. The first-order valence-electron chi connectivity index (χ1n) is 8.28. The fraction of sp³-hybridized carbons (Fsp3) is 0.667. The highest BCUT2D eigenvalue weighted by atomic mass is 16.3. The lowest BCUT2D eigenvalue weighted by Crippen LogP contribution is -2.43. The first kappa shape index (κ1) is 16.3. The van der Waals surface area contributed by atoms with Crippen molar-refractivity contribution in [2.75, 3.05) is 20.6 Å². The van der Waals surface area contributed by atoms with Gasteiger partial charge in [0.1, 0.15) is 5.75 Å². The summed E-state index contributed by atoms with van der Waals surface area (Å²) in [5.74, 6) is 1.13. The molecule has 0 heterocycles. The number of likely N-dealkylation sites (N-methyl/N-ethyl adjacent to an activating group) is 1. The summed E-state index contributed by atoms with van der Waals surface area (Å²) in [6.45, 7) is 5.61. The summed E-state index contributed by atoms with van der Waals surface area (Å²) >= 11 is 0. The van der Waals surface area contributed by atoms with E-state index in [1.807, 2.05) is 12.1 Å². The lowest BCUT2D eigenvalue weighted by atomic mass is 9.93. The van der Waals surface area contributed by atoms with Crippen LogP contribution < -0.4 is 5.32 Å². The quantitative estimate of drug-likeness (QED) is 0.808. The van der Waals surface area contributed by atoms with Crippen LogP contribution >= 0.6 is 0 Å². The van der Waals surface area contributed by atoms with Gasteiger partial charge in [-0.3, -0.25) is 0 Å². The van der Waals surface area contributed by atoms with Crippen molar-refractivity contribution in [3.63, 3.8) is 0 Å². The zero-order valence-electron chi connectivity index (χ0n) is 13.9. The van der Waals surface area contributed by atoms with Crippen molar-refractivity contribution < 1.29 is 5.11 Å². The van der Waals surface area contributed by atoms with Gasteiger partial charge in [0.2, 0.25) is 0 Å². The maximum atomic E-state index is 9.58. The van der Waals surface area contributed by atoms with Crippen LogP contribution in [0.1, 0.15) is 50.3 Å². The number of hydrogen-bond donors (Lipinski definition) is 2. The van der Waals surface area contributed by atoms with E-state index < -0.39 is 0 Å². The smallest absolute Gasteiger partial charge is 0.115 e. The number of aromatic hydroxyl groups is 1. The Bertz CT molecular complexity index is 455. The summed E-state index contributed by atoms with van der Waals surface area (Å²) in [4.78, 5) is 2.36. The van der Waals surface area contributed by atoms with Gasteiger partial charge >= 0.3 is 0 Å². The Morgan fingerprint density at radius 3 is 2.62 bits per heavy atom. The van der Waals surface area contributed by atoms with Crippen LogP contribution in [0.5, 0.6) is 5.75 Å². The van der Waals surface area contributed by atoms with Crippen LogP contribution in [0, 0.1) is 5.92 Å². The summed E-state index contributed by atoms with van der Waals surface area (Å²) in [5.41, 5.74) is 2.67. The van der Waals surface area contributed by atoms with Gasteiger partial charge in [0.15, 0.2) is 0 Å². The van der Waals surface area contributed by atoms with E-state index in [0.717, 1.165) is 25.3 Å². The van der Waals surface area contributed by atoms with Crippen molar-refractivity contribution in [3.05, 3.63) is 29.3 Å². The normalized spacial score (nSPS) is 19.2. The molecule has 0 saturated carbocycles. The summed E-state index contributed by atoms with van der Waals surface area (Å²) in [6, 6.07) is 6.83. The van der Waals surface area contributed by atoms with Gasteiger partial charge in [-0.15, -0.1) is 0 Å². The molecule has 0 saturated heterocycles. The van der Waals surface area contributed by atoms with Gasteiger partial charge in [-0.05, 0) is 56.1 Å². The van der Waals surface area contributed by atoms with E-state index in [4.69, 9.17) is 0 Å². The molecule has 0 bridgehead atoms. The molecule has 0 aliphatic heterocycles. The Hall–Kier alpha value is -1.06. The van der Waals surface area contributed by atoms with Crippen LogP contribution in [0.15, 0.2) is 18.2 Å². The van der Waals surface area contributed by atoms with Gasteiger partial charge in [-0.25, -0.2) is 0 Å². The lowest BCUT2D eigenvalue weighted by Gasteiger charge is -2.32. The van der Waals surface area contributed by atoms with Crippen molar-refractivity contribution in [1.82, 2.24) is 10.2 Å². The molecule has 118 valence electrons. The van der Waals surface area contributed by atoms with Crippen molar-refractivity contribution >= 4 is 0 Å².